The molecule has 0 amide bonds. The Morgan fingerprint density at radius 2 is 1.93 bits per heavy atom. The Kier molecular flexibility index (Phi) is 8.54. The number of fused-ring (bicyclic) bond motifs is 1. The molecule has 0 aromatic carbocycles. The minimum absolute atomic E-state index is 0.106. The first kappa shape index (κ1) is 24.1. The number of aliphatic hydroxyl groups is 2. The van der Waals surface area contributed by atoms with Crippen LogP contribution in [0.5, 0.6) is 0 Å². The molecule has 2 rings (SSSR count). The second-order valence-electron chi connectivity index (χ2n) is 10.00. The van der Waals surface area contributed by atoms with Crippen molar-refractivity contribution >= 4 is 5.97 Å². The highest BCUT2D eigenvalue weighted by molar-refractivity contribution is 5.76. The monoisotopic (exact) mass is 406 g/mol. The van der Waals surface area contributed by atoms with Crippen LogP contribution in [0.4, 0.5) is 0 Å². The van der Waals surface area contributed by atoms with Gasteiger partial charge >= 0.3 is 5.97 Å². The van der Waals surface area contributed by atoms with Crippen molar-refractivity contribution in [1.82, 2.24) is 0 Å². The molecule has 4 nitrogen and oxygen atoms in total. The van der Waals surface area contributed by atoms with Crippen LogP contribution < -0.4 is 0 Å². The molecule has 0 bridgehead atoms. The van der Waals surface area contributed by atoms with E-state index in [2.05, 4.69) is 32.1 Å². The minimum atomic E-state index is -0.488. The van der Waals surface area contributed by atoms with Crippen LogP contribution in [-0.4, -0.2) is 34.5 Å². The van der Waals surface area contributed by atoms with Crippen molar-refractivity contribution < 1.29 is 19.7 Å². The first-order valence-electron chi connectivity index (χ1n) is 11.6. The van der Waals surface area contributed by atoms with E-state index in [9.17, 15) is 15.0 Å². The zero-order valence-corrected chi connectivity index (χ0v) is 19.2. The molecule has 0 unspecified atom stereocenters. The van der Waals surface area contributed by atoms with E-state index in [-0.39, 0.29) is 18.0 Å². The van der Waals surface area contributed by atoms with E-state index in [4.69, 9.17) is 4.74 Å². The van der Waals surface area contributed by atoms with Crippen LogP contribution in [0.15, 0.2) is 23.8 Å². The predicted octanol–water partition coefficient (Wildman–Crippen LogP) is 5.04. The Bertz CT molecular complexity index is 606. The normalized spacial score (nSPS) is 31.6. The van der Waals surface area contributed by atoms with Crippen molar-refractivity contribution in [1.29, 1.82) is 0 Å². The summed E-state index contributed by atoms with van der Waals surface area (Å²) in [4.78, 5) is 12.8. The zero-order valence-electron chi connectivity index (χ0n) is 19.2. The van der Waals surface area contributed by atoms with Gasteiger partial charge < -0.3 is 14.9 Å². The molecule has 0 saturated carbocycles. The van der Waals surface area contributed by atoms with Gasteiger partial charge in [-0.2, -0.15) is 0 Å². The van der Waals surface area contributed by atoms with Gasteiger partial charge in [0.1, 0.15) is 6.10 Å². The summed E-state index contributed by atoms with van der Waals surface area (Å²) in [5.41, 5.74) is 0.810. The van der Waals surface area contributed by atoms with Crippen molar-refractivity contribution in [2.45, 2.75) is 98.4 Å². The molecule has 0 aromatic heterocycles. The maximum absolute atomic E-state index is 12.8. The fraction of sp³-hybridized carbons (Fsp3) is 0.800. The molecule has 2 aliphatic carbocycles. The average molecular weight is 407 g/mol. The molecular weight excluding hydrogens is 364 g/mol. The SMILES string of the molecule is CC[C@H](O)C[C@H](O)CC[C@@H]1[C@@H]2C(=C[C@H](C)C[C@@H]2OC(=O)C(C)(C)CC)C=C[C@@H]1C. The van der Waals surface area contributed by atoms with Crippen molar-refractivity contribution in [2.75, 3.05) is 0 Å². The number of aliphatic hydroxyl groups excluding tert-OH is 2. The number of esters is 1. The zero-order chi connectivity index (χ0) is 21.8. The van der Waals surface area contributed by atoms with Crippen LogP contribution in [0.1, 0.15) is 80.1 Å². The number of allylic oxidation sites excluding steroid dienone is 3. The van der Waals surface area contributed by atoms with Gasteiger partial charge in [-0.25, -0.2) is 0 Å². The second kappa shape index (κ2) is 10.3. The Balaban J connectivity index is 2.17. The van der Waals surface area contributed by atoms with Gasteiger partial charge in [0.25, 0.3) is 0 Å². The molecule has 29 heavy (non-hydrogen) atoms. The minimum Gasteiger partial charge on any atom is -0.461 e. The standard InChI is InChI=1S/C25H42O4/c1-7-19(26)15-20(27)11-12-21-17(4)9-10-18-13-16(3)14-22(23(18)21)29-24(28)25(5,6)8-2/h9-10,13,16-17,19-23,26-27H,7-8,11-12,14-15H2,1-6H3/t16-,17-,19-,20+,21-,22-,23-/m0/s1. The van der Waals surface area contributed by atoms with Gasteiger partial charge in [-0.05, 0) is 75.7 Å². The summed E-state index contributed by atoms with van der Waals surface area (Å²) >= 11 is 0. The number of carbonyl (C=O) groups excluding carboxylic acids is 1. The summed E-state index contributed by atoms with van der Waals surface area (Å²) in [6.45, 7) is 12.3. The van der Waals surface area contributed by atoms with Crippen molar-refractivity contribution in [3.63, 3.8) is 0 Å². The summed E-state index contributed by atoms with van der Waals surface area (Å²) in [6, 6.07) is 0. The summed E-state index contributed by atoms with van der Waals surface area (Å²) in [6.07, 6.45) is 10.00. The highest BCUT2D eigenvalue weighted by Crippen LogP contribution is 2.45. The number of rotatable bonds is 9. The van der Waals surface area contributed by atoms with E-state index < -0.39 is 17.6 Å². The Labute approximate surface area is 177 Å². The van der Waals surface area contributed by atoms with Gasteiger partial charge in [0.15, 0.2) is 0 Å². The van der Waals surface area contributed by atoms with Gasteiger partial charge in [0.05, 0.1) is 17.6 Å². The largest absolute Gasteiger partial charge is 0.461 e. The van der Waals surface area contributed by atoms with Gasteiger partial charge in [0, 0.05) is 5.92 Å². The number of hydrogen-bond acceptors (Lipinski definition) is 4. The molecule has 2 N–H and O–H groups in total. The summed E-state index contributed by atoms with van der Waals surface area (Å²) in [7, 11) is 0. The van der Waals surface area contributed by atoms with Crippen molar-refractivity contribution in [2.24, 2.45) is 29.1 Å². The van der Waals surface area contributed by atoms with E-state index in [0.717, 1.165) is 19.3 Å². The van der Waals surface area contributed by atoms with Gasteiger partial charge in [-0.1, -0.05) is 45.9 Å². The summed E-state index contributed by atoms with van der Waals surface area (Å²) in [5, 5.41) is 20.2. The highest BCUT2D eigenvalue weighted by Gasteiger charge is 2.42. The van der Waals surface area contributed by atoms with Gasteiger partial charge in [0.2, 0.25) is 0 Å². The van der Waals surface area contributed by atoms with Gasteiger partial charge in [-0.15, -0.1) is 0 Å². The van der Waals surface area contributed by atoms with Crippen molar-refractivity contribution in [3.05, 3.63) is 23.8 Å². The van der Waals surface area contributed by atoms with E-state index in [1.807, 2.05) is 27.7 Å². The lowest BCUT2D eigenvalue weighted by Gasteiger charge is -2.44. The molecule has 0 radical (unpaired) electrons. The molecule has 0 aliphatic heterocycles. The Hall–Kier alpha value is -1.13. The summed E-state index contributed by atoms with van der Waals surface area (Å²) in [5.74, 6) is 1.16. The average Bonchev–Trinajstić information content (AvgIpc) is 2.67. The van der Waals surface area contributed by atoms with Crippen molar-refractivity contribution in [3.8, 4) is 0 Å². The molecule has 2 aliphatic rings. The van der Waals surface area contributed by atoms with E-state index in [0.29, 0.717) is 37.0 Å². The van der Waals surface area contributed by atoms with Crippen LogP contribution in [0.25, 0.3) is 0 Å². The summed E-state index contributed by atoms with van der Waals surface area (Å²) < 4.78 is 6.14. The topological polar surface area (TPSA) is 66.8 Å². The number of hydrogen-bond donors (Lipinski definition) is 2. The molecule has 166 valence electrons. The third kappa shape index (κ3) is 6.18. The molecule has 0 heterocycles. The second-order valence-corrected chi connectivity index (χ2v) is 10.00. The van der Waals surface area contributed by atoms with Crippen LogP contribution in [0, 0.1) is 29.1 Å². The Morgan fingerprint density at radius 1 is 1.24 bits per heavy atom. The van der Waals surface area contributed by atoms with Gasteiger partial charge in [-0.3, -0.25) is 4.79 Å². The molecule has 0 spiro atoms. The van der Waals surface area contributed by atoms with E-state index in [1.165, 1.54) is 5.57 Å². The molecule has 0 aromatic rings. The van der Waals surface area contributed by atoms with E-state index >= 15 is 0 Å². The number of carbonyl (C=O) groups is 1. The maximum atomic E-state index is 12.8. The quantitative estimate of drug-likeness (QED) is 0.526. The van der Waals surface area contributed by atoms with Crippen LogP contribution >= 0.6 is 0 Å². The number of ether oxygens (including phenoxy) is 1. The molecular formula is C25H42O4. The third-order valence-electron chi connectivity index (χ3n) is 7.14. The first-order valence-corrected chi connectivity index (χ1v) is 11.6. The maximum Gasteiger partial charge on any atom is 0.311 e. The smallest absolute Gasteiger partial charge is 0.311 e. The van der Waals surface area contributed by atoms with E-state index in [1.54, 1.807) is 0 Å². The fourth-order valence-electron chi connectivity index (χ4n) is 4.65. The molecule has 7 atom stereocenters. The molecule has 0 saturated heterocycles. The first-order chi connectivity index (χ1) is 13.6. The lowest BCUT2D eigenvalue weighted by atomic mass is 9.65. The Morgan fingerprint density at radius 3 is 2.55 bits per heavy atom. The van der Waals surface area contributed by atoms with Crippen LogP contribution in [0.3, 0.4) is 0 Å². The lowest BCUT2D eigenvalue weighted by molar-refractivity contribution is -0.164. The third-order valence-corrected chi connectivity index (χ3v) is 7.14. The molecule has 4 heteroatoms. The lowest BCUT2D eigenvalue weighted by Crippen LogP contribution is -2.43. The predicted molar refractivity (Wildman–Crippen MR) is 117 cm³/mol. The van der Waals surface area contributed by atoms with Crippen LogP contribution in [0.2, 0.25) is 0 Å². The fourth-order valence-corrected chi connectivity index (χ4v) is 4.65. The van der Waals surface area contributed by atoms with Crippen LogP contribution in [-0.2, 0) is 9.53 Å². The highest BCUT2D eigenvalue weighted by atomic mass is 16.5. The molecule has 0 fully saturated rings.